The lowest BCUT2D eigenvalue weighted by Gasteiger charge is -2.32. The highest BCUT2D eigenvalue weighted by Crippen LogP contribution is 2.27. The Kier molecular flexibility index (Phi) is 5.06. The number of guanidine groups is 1. The molecule has 23 heavy (non-hydrogen) atoms. The second kappa shape index (κ2) is 6.39. The smallest absolute Gasteiger partial charge is 0.254 e. The van der Waals surface area contributed by atoms with Crippen LogP contribution in [0.4, 0.5) is 0 Å². The molecule has 1 amide bonds. The normalized spacial score (nSPS) is 27.8. The van der Waals surface area contributed by atoms with Crippen LogP contribution in [0.2, 0.25) is 0 Å². The first-order valence-corrected chi connectivity index (χ1v) is 10.0. The van der Waals surface area contributed by atoms with E-state index in [9.17, 15) is 13.2 Å². The predicted molar refractivity (Wildman–Crippen MR) is 89.6 cm³/mol. The lowest BCUT2D eigenvalue weighted by Crippen LogP contribution is -2.46. The van der Waals surface area contributed by atoms with Gasteiger partial charge in [0.1, 0.15) is 5.54 Å². The summed E-state index contributed by atoms with van der Waals surface area (Å²) in [6.45, 7) is 7.47. The molecule has 2 aliphatic heterocycles. The quantitative estimate of drug-likeness (QED) is 0.772. The fourth-order valence-electron chi connectivity index (χ4n) is 3.59. The largest absolute Gasteiger partial charge is 0.342 e. The summed E-state index contributed by atoms with van der Waals surface area (Å²) in [7, 11) is -3.13. The Morgan fingerprint density at radius 2 is 1.91 bits per heavy atom. The van der Waals surface area contributed by atoms with Crippen LogP contribution < -0.4 is 5.32 Å². The van der Waals surface area contributed by atoms with E-state index in [1.165, 1.54) is 15.5 Å². The van der Waals surface area contributed by atoms with Gasteiger partial charge in [0, 0.05) is 19.6 Å². The van der Waals surface area contributed by atoms with Crippen molar-refractivity contribution in [1.29, 1.82) is 5.41 Å². The number of sulfonamides is 1. The zero-order valence-electron chi connectivity index (χ0n) is 14.4. The minimum atomic E-state index is -3.13. The van der Waals surface area contributed by atoms with E-state index in [1.807, 2.05) is 6.92 Å². The second-order valence-electron chi connectivity index (χ2n) is 7.42. The molecular weight excluding hydrogens is 316 g/mol. The number of carbonyl (C=O) groups excluding carboxylic acids is 1. The van der Waals surface area contributed by atoms with Crippen molar-refractivity contribution in [2.24, 2.45) is 11.8 Å². The van der Waals surface area contributed by atoms with E-state index in [-0.39, 0.29) is 17.8 Å². The zero-order chi connectivity index (χ0) is 17.4. The molecule has 2 aliphatic rings. The van der Waals surface area contributed by atoms with Crippen LogP contribution >= 0.6 is 0 Å². The van der Waals surface area contributed by atoms with Gasteiger partial charge in [0.2, 0.25) is 10.0 Å². The van der Waals surface area contributed by atoms with Gasteiger partial charge in [-0.15, -0.1) is 0 Å². The highest BCUT2D eigenvalue weighted by Gasteiger charge is 2.46. The summed E-state index contributed by atoms with van der Waals surface area (Å²) in [4.78, 5) is 14.2. The SMILES string of the molecule is CC(C)CC1(C)NC(=N)N(CC2CCN(S(C)(=O)=O)CC2)C1=O. The van der Waals surface area contributed by atoms with Crippen LogP contribution in [-0.2, 0) is 14.8 Å². The Morgan fingerprint density at radius 1 is 1.35 bits per heavy atom. The molecule has 8 heteroatoms. The lowest BCUT2D eigenvalue weighted by atomic mass is 9.90. The number of nitrogens with zero attached hydrogens (tertiary/aromatic N) is 2. The molecule has 2 heterocycles. The molecule has 0 bridgehead atoms. The minimum absolute atomic E-state index is 0.0401. The molecule has 0 saturated carbocycles. The molecule has 0 radical (unpaired) electrons. The van der Waals surface area contributed by atoms with Crippen LogP contribution in [0, 0.1) is 17.2 Å². The lowest BCUT2D eigenvalue weighted by molar-refractivity contribution is -0.131. The Bertz CT molecular complexity index is 582. The van der Waals surface area contributed by atoms with Crippen LogP contribution in [0.1, 0.15) is 40.0 Å². The van der Waals surface area contributed by atoms with Crippen LogP contribution in [-0.4, -0.2) is 60.9 Å². The standard InChI is InChI=1S/C15H28N4O3S/c1-11(2)9-15(3)13(20)19(14(16)17-15)10-12-5-7-18(8-6-12)23(4,21)22/h11-12H,5-10H2,1-4H3,(H2,16,17). The van der Waals surface area contributed by atoms with E-state index in [2.05, 4.69) is 19.2 Å². The summed E-state index contributed by atoms with van der Waals surface area (Å²) < 4.78 is 24.6. The van der Waals surface area contributed by atoms with Crippen molar-refractivity contribution in [3.63, 3.8) is 0 Å². The summed E-state index contributed by atoms with van der Waals surface area (Å²) in [6.07, 6.45) is 3.38. The molecule has 2 rings (SSSR count). The fourth-order valence-corrected chi connectivity index (χ4v) is 4.47. The number of hydrogen-bond acceptors (Lipinski definition) is 4. The van der Waals surface area contributed by atoms with E-state index >= 15 is 0 Å². The molecule has 0 aromatic rings. The first-order chi connectivity index (χ1) is 10.5. The van der Waals surface area contributed by atoms with Gasteiger partial charge in [0.25, 0.3) is 5.91 Å². The Labute approximate surface area is 139 Å². The van der Waals surface area contributed by atoms with Gasteiger partial charge in [-0.05, 0) is 38.0 Å². The average Bonchev–Trinajstić information content (AvgIpc) is 2.61. The molecule has 7 nitrogen and oxygen atoms in total. The first kappa shape index (κ1) is 18.2. The first-order valence-electron chi connectivity index (χ1n) is 8.17. The third-order valence-electron chi connectivity index (χ3n) is 4.68. The van der Waals surface area contributed by atoms with Gasteiger partial charge < -0.3 is 5.32 Å². The summed E-state index contributed by atoms with van der Waals surface area (Å²) in [5.74, 6) is 0.730. The van der Waals surface area contributed by atoms with Crippen molar-refractivity contribution in [3.8, 4) is 0 Å². The van der Waals surface area contributed by atoms with Crippen LogP contribution in [0.25, 0.3) is 0 Å². The molecule has 0 spiro atoms. The van der Waals surface area contributed by atoms with Gasteiger partial charge in [-0.3, -0.25) is 15.1 Å². The number of piperidine rings is 1. The van der Waals surface area contributed by atoms with Crippen LogP contribution in [0.5, 0.6) is 0 Å². The van der Waals surface area contributed by atoms with Crippen molar-refractivity contribution < 1.29 is 13.2 Å². The zero-order valence-corrected chi connectivity index (χ0v) is 15.2. The maximum atomic E-state index is 12.7. The third-order valence-corrected chi connectivity index (χ3v) is 5.98. The molecule has 0 aromatic heterocycles. The molecule has 2 saturated heterocycles. The van der Waals surface area contributed by atoms with Crippen LogP contribution in [0.15, 0.2) is 0 Å². The average molecular weight is 344 g/mol. The van der Waals surface area contributed by atoms with Gasteiger partial charge in [-0.25, -0.2) is 12.7 Å². The Balaban J connectivity index is 1.96. The van der Waals surface area contributed by atoms with E-state index in [0.717, 1.165) is 12.8 Å². The number of rotatable bonds is 5. The number of hydrogen-bond donors (Lipinski definition) is 2. The van der Waals surface area contributed by atoms with Gasteiger partial charge in [-0.2, -0.15) is 0 Å². The highest BCUT2D eigenvalue weighted by atomic mass is 32.2. The molecule has 0 aromatic carbocycles. The van der Waals surface area contributed by atoms with Crippen molar-refractivity contribution in [2.75, 3.05) is 25.9 Å². The second-order valence-corrected chi connectivity index (χ2v) is 9.41. The number of amides is 1. The highest BCUT2D eigenvalue weighted by molar-refractivity contribution is 7.88. The molecule has 1 atom stereocenters. The topological polar surface area (TPSA) is 93.6 Å². The van der Waals surface area contributed by atoms with Crippen molar-refractivity contribution in [3.05, 3.63) is 0 Å². The van der Waals surface area contributed by atoms with Crippen molar-refractivity contribution >= 4 is 21.9 Å². The number of nitrogens with one attached hydrogen (secondary N) is 2. The molecular formula is C15H28N4O3S. The number of carbonyl (C=O) groups is 1. The minimum Gasteiger partial charge on any atom is -0.342 e. The van der Waals surface area contributed by atoms with E-state index in [1.54, 1.807) is 0 Å². The summed E-state index contributed by atoms with van der Waals surface area (Å²) >= 11 is 0. The third kappa shape index (κ3) is 4.03. The summed E-state index contributed by atoms with van der Waals surface area (Å²) in [6, 6.07) is 0. The molecule has 132 valence electrons. The Morgan fingerprint density at radius 3 is 2.39 bits per heavy atom. The van der Waals surface area contributed by atoms with E-state index in [0.29, 0.717) is 32.0 Å². The van der Waals surface area contributed by atoms with Crippen molar-refractivity contribution in [2.45, 2.75) is 45.6 Å². The van der Waals surface area contributed by atoms with Gasteiger partial charge in [-0.1, -0.05) is 13.8 Å². The molecule has 0 aliphatic carbocycles. The summed E-state index contributed by atoms with van der Waals surface area (Å²) in [5, 5.41) is 11.1. The van der Waals surface area contributed by atoms with Gasteiger partial charge in [0.15, 0.2) is 5.96 Å². The van der Waals surface area contributed by atoms with E-state index < -0.39 is 15.6 Å². The van der Waals surface area contributed by atoms with Crippen molar-refractivity contribution in [1.82, 2.24) is 14.5 Å². The predicted octanol–water partition coefficient (Wildman–Crippen LogP) is 0.829. The van der Waals surface area contributed by atoms with Gasteiger partial charge >= 0.3 is 0 Å². The van der Waals surface area contributed by atoms with E-state index in [4.69, 9.17) is 5.41 Å². The molecule has 1 unspecified atom stereocenters. The van der Waals surface area contributed by atoms with Gasteiger partial charge in [0.05, 0.1) is 6.26 Å². The summed E-state index contributed by atoms with van der Waals surface area (Å²) in [5.41, 5.74) is -0.696. The maximum Gasteiger partial charge on any atom is 0.254 e. The maximum absolute atomic E-state index is 12.7. The van der Waals surface area contributed by atoms with Crippen LogP contribution in [0.3, 0.4) is 0 Å². The Hall–Kier alpha value is -1.15. The monoisotopic (exact) mass is 344 g/mol. The fraction of sp³-hybridized carbons (Fsp3) is 0.867. The molecule has 2 fully saturated rings. The molecule has 2 N–H and O–H groups in total.